The second kappa shape index (κ2) is 13.6. The van der Waals surface area contributed by atoms with Crippen molar-refractivity contribution in [3.63, 3.8) is 0 Å². The number of hydrogen-bond acceptors (Lipinski definition) is 9. The normalized spacial score (nSPS) is 11.3. The SMILES string of the molecule is COc1ccc(/C=N\NC(=O)C(=NNc2ccc(OC)cc2)C(=O)N/N=C/c2ccc(OC)cc2)cc1. The van der Waals surface area contributed by atoms with E-state index in [0.29, 0.717) is 34.1 Å². The molecule has 3 aromatic rings. The number of carbonyl (C=O) groups excluding carboxylic acids is 2. The van der Waals surface area contributed by atoms with Gasteiger partial charge in [-0.3, -0.25) is 15.0 Å². The fourth-order valence-corrected chi connectivity index (χ4v) is 2.81. The number of ether oxygens (including phenoxy) is 3. The lowest BCUT2D eigenvalue weighted by molar-refractivity contribution is -0.118. The molecule has 3 N–H and O–H groups in total. The van der Waals surface area contributed by atoms with Gasteiger partial charge >= 0.3 is 0 Å². The molecule has 0 bridgehead atoms. The average molecular weight is 503 g/mol. The maximum absolute atomic E-state index is 12.7. The first-order valence-corrected chi connectivity index (χ1v) is 10.9. The van der Waals surface area contributed by atoms with Gasteiger partial charge in [0.2, 0.25) is 5.71 Å². The molecule has 190 valence electrons. The molecular weight excluding hydrogens is 476 g/mol. The summed E-state index contributed by atoms with van der Waals surface area (Å²) in [5, 5.41) is 11.8. The Morgan fingerprint density at radius 1 is 0.622 bits per heavy atom. The number of rotatable bonds is 11. The maximum atomic E-state index is 12.7. The van der Waals surface area contributed by atoms with Gasteiger partial charge < -0.3 is 14.2 Å². The minimum atomic E-state index is -0.845. The summed E-state index contributed by atoms with van der Waals surface area (Å²) in [5.74, 6) is 0.330. The molecule has 0 radical (unpaired) electrons. The van der Waals surface area contributed by atoms with Crippen molar-refractivity contribution >= 4 is 35.6 Å². The predicted octanol–water partition coefficient (Wildman–Crippen LogP) is 2.78. The topological polar surface area (TPSA) is 135 Å². The van der Waals surface area contributed by atoms with Gasteiger partial charge in [0.1, 0.15) is 17.2 Å². The first kappa shape index (κ1) is 26.4. The number of amides is 2. The first-order valence-electron chi connectivity index (χ1n) is 10.9. The van der Waals surface area contributed by atoms with Gasteiger partial charge in [0, 0.05) is 0 Å². The third kappa shape index (κ3) is 8.21. The summed E-state index contributed by atoms with van der Waals surface area (Å²) in [6.45, 7) is 0. The Bertz CT molecular complexity index is 1200. The molecule has 3 aromatic carbocycles. The van der Waals surface area contributed by atoms with Crippen LogP contribution in [0.2, 0.25) is 0 Å². The van der Waals surface area contributed by atoms with Gasteiger partial charge in [-0.15, -0.1) is 0 Å². The molecule has 37 heavy (non-hydrogen) atoms. The highest BCUT2D eigenvalue weighted by molar-refractivity contribution is 6.65. The van der Waals surface area contributed by atoms with Crippen molar-refractivity contribution in [2.24, 2.45) is 15.3 Å². The Kier molecular flexibility index (Phi) is 9.73. The fourth-order valence-electron chi connectivity index (χ4n) is 2.81. The van der Waals surface area contributed by atoms with Crippen LogP contribution in [-0.2, 0) is 9.59 Å². The van der Waals surface area contributed by atoms with E-state index in [1.807, 2.05) is 0 Å². The van der Waals surface area contributed by atoms with Crippen LogP contribution < -0.4 is 30.5 Å². The van der Waals surface area contributed by atoms with E-state index in [-0.39, 0.29) is 0 Å². The van der Waals surface area contributed by atoms with E-state index >= 15 is 0 Å². The van der Waals surface area contributed by atoms with Crippen molar-refractivity contribution in [1.29, 1.82) is 0 Å². The highest BCUT2D eigenvalue weighted by atomic mass is 16.5. The molecule has 0 aliphatic rings. The Morgan fingerprint density at radius 3 is 1.38 bits per heavy atom. The number of nitrogens with zero attached hydrogens (tertiary/aromatic N) is 3. The molecule has 11 heteroatoms. The second-order valence-electron chi connectivity index (χ2n) is 7.25. The third-order valence-electron chi connectivity index (χ3n) is 4.81. The summed E-state index contributed by atoms with van der Waals surface area (Å²) in [6.07, 6.45) is 2.84. The van der Waals surface area contributed by atoms with Crippen molar-refractivity contribution < 1.29 is 23.8 Å². The van der Waals surface area contributed by atoms with Crippen molar-refractivity contribution in [2.75, 3.05) is 26.8 Å². The van der Waals surface area contributed by atoms with E-state index in [1.165, 1.54) is 12.4 Å². The van der Waals surface area contributed by atoms with Gasteiger partial charge in [-0.1, -0.05) is 0 Å². The summed E-state index contributed by atoms with van der Waals surface area (Å²) in [6, 6.07) is 20.8. The van der Waals surface area contributed by atoms with Crippen LogP contribution in [0.15, 0.2) is 88.1 Å². The van der Waals surface area contributed by atoms with Crippen molar-refractivity contribution in [3.8, 4) is 17.2 Å². The van der Waals surface area contributed by atoms with Crippen LogP contribution in [0.1, 0.15) is 11.1 Å². The summed E-state index contributed by atoms with van der Waals surface area (Å²) < 4.78 is 15.3. The lowest BCUT2D eigenvalue weighted by Gasteiger charge is -2.06. The number of benzene rings is 3. The molecule has 0 aliphatic heterocycles. The number of nitrogens with one attached hydrogen (secondary N) is 3. The molecule has 0 saturated carbocycles. The smallest absolute Gasteiger partial charge is 0.297 e. The lowest BCUT2D eigenvalue weighted by Crippen LogP contribution is -2.39. The van der Waals surface area contributed by atoms with Gasteiger partial charge in [0.15, 0.2) is 0 Å². The maximum Gasteiger partial charge on any atom is 0.297 e. The van der Waals surface area contributed by atoms with Crippen LogP contribution in [0, 0.1) is 0 Å². The third-order valence-corrected chi connectivity index (χ3v) is 4.81. The monoisotopic (exact) mass is 502 g/mol. The zero-order chi connectivity index (χ0) is 26.5. The van der Waals surface area contributed by atoms with Gasteiger partial charge in [-0.25, -0.2) is 10.9 Å². The Morgan fingerprint density at radius 2 is 1.00 bits per heavy atom. The zero-order valence-electron chi connectivity index (χ0n) is 20.5. The molecule has 0 fully saturated rings. The van der Waals surface area contributed by atoms with Crippen LogP contribution in [0.4, 0.5) is 5.69 Å². The van der Waals surface area contributed by atoms with Gasteiger partial charge in [0.05, 0.1) is 39.4 Å². The number of methoxy groups -OCH3 is 3. The fraction of sp³-hybridized carbons (Fsp3) is 0.115. The van der Waals surface area contributed by atoms with Gasteiger partial charge in [-0.2, -0.15) is 15.3 Å². The summed E-state index contributed by atoms with van der Waals surface area (Å²) in [7, 11) is 4.68. The first-order chi connectivity index (χ1) is 18.0. The van der Waals surface area contributed by atoms with Gasteiger partial charge in [0.25, 0.3) is 11.8 Å². The second-order valence-corrected chi connectivity index (χ2v) is 7.25. The van der Waals surface area contributed by atoms with Crippen LogP contribution in [-0.4, -0.2) is 51.3 Å². The molecule has 0 spiro atoms. The molecule has 11 nitrogen and oxygen atoms in total. The number of carbonyl (C=O) groups is 2. The Hall–Kier alpha value is -5.19. The molecule has 0 aromatic heterocycles. The zero-order valence-corrected chi connectivity index (χ0v) is 20.5. The van der Waals surface area contributed by atoms with E-state index in [0.717, 1.165) is 0 Å². The van der Waals surface area contributed by atoms with Crippen LogP contribution in [0.5, 0.6) is 17.2 Å². The molecule has 0 heterocycles. The Balaban J connectivity index is 1.71. The lowest BCUT2D eigenvalue weighted by atomic mass is 10.2. The van der Waals surface area contributed by atoms with E-state index in [1.54, 1.807) is 94.1 Å². The average Bonchev–Trinajstić information content (AvgIpc) is 2.94. The van der Waals surface area contributed by atoms with Gasteiger partial charge in [-0.05, 0) is 83.9 Å². The summed E-state index contributed by atoms with van der Waals surface area (Å²) in [5.41, 5.74) is 8.74. The molecule has 0 saturated heterocycles. The van der Waals surface area contributed by atoms with Crippen molar-refractivity contribution in [3.05, 3.63) is 83.9 Å². The number of hydrazone groups is 3. The van der Waals surface area contributed by atoms with E-state index in [9.17, 15) is 9.59 Å². The minimum Gasteiger partial charge on any atom is -0.497 e. The highest BCUT2D eigenvalue weighted by Gasteiger charge is 2.20. The molecular formula is C26H26N6O5. The number of anilines is 1. The van der Waals surface area contributed by atoms with E-state index in [4.69, 9.17) is 14.2 Å². The van der Waals surface area contributed by atoms with Crippen molar-refractivity contribution in [1.82, 2.24) is 10.9 Å². The van der Waals surface area contributed by atoms with Crippen LogP contribution in [0.25, 0.3) is 0 Å². The Labute approximate surface area is 213 Å². The van der Waals surface area contributed by atoms with Crippen LogP contribution >= 0.6 is 0 Å². The molecule has 2 amide bonds. The van der Waals surface area contributed by atoms with E-state index in [2.05, 4.69) is 31.6 Å². The predicted molar refractivity (Wildman–Crippen MR) is 142 cm³/mol. The molecule has 0 atom stereocenters. The minimum absolute atomic E-state index is 0.491. The van der Waals surface area contributed by atoms with E-state index < -0.39 is 17.5 Å². The van der Waals surface area contributed by atoms with Crippen LogP contribution in [0.3, 0.4) is 0 Å². The molecule has 0 aliphatic carbocycles. The standard InChI is InChI=1S/C26H26N6O5/c1-35-21-10-4-18(5-11-21)16-27-31-25(33)24(30-29-20-8-14-23(37-3)15-9-20)26(34)32-28-17-19-6-12-22(36-2)13-7-19/h4-17,29H,1-3H3,(H,31,33)(H,32,34)/b27-16-,28-17+,30-24?. The molecule has 3 rings (SSSR count). The number of hydrogen-bond donors (Lipinski definition) is 3. The largest absolute Gasteiger partial charge is 0.497 e. The molecule has 0 unspecified atom stereocenters. The van der Waals surface area contributed by atoms with Crippen molar-refractivity contribution in [2.45, 2.75) is 0 Å². The summed E-state index contributed by atoms with van der Waals surface area (Å²) >= 11 is 0. The summed E-state index contributed by atoms with van der Waals surface area (Å²) in [4.78, 5) is 25.5. The quantitative estimate of drug-likeness (QED) is 0.210. The highest BCUT2D eigenvalue weighted by Crippen LogP contribution is 2.15.